The van der Waals surface area contributed by atoms with Gasteiger partial charge < -0.3 is 10.6 Å². The number of nitrogens with one attached hydrogen (secondary N) is 2. The van der Waals surface area contributed by atoms with Crippen LogP contribution in [0.15, 0.2) is 17.5 Å². The van der Waals surface area contributed by atoms with Gasteiger partial charge in [-0.3, -0.25) is 4.79 Å². The van der Waals surface area contributed by atoms with E-state index in [9.17, 15) is 4.79 Å². The van der Waals surface area contributed by atoms with E-state index >= 15 is 0 Å². The first-order valence-corrected chi connectivity index (χ1v) is 5.75. The first-order valence-electron chi connectivity index (χ1n) is 4.87. The summed E-state index contributed by atoms with van der Waals surface area (Å²) in [6.07, 6.45) is 0.969. The van der Waals surface area contributed by atoms with E-state index in [1.165, 1.54) is 4.88 Å². The van der Waals surface area contributed by atoms with Gasteiger partial charge >= 0.3 is 0 Å². The molecule has 1 aromatic heterocycles. The van der Waals surface area contributed by atoms with Crippen LogP contribution in [0.2, 0.25) is 0 Å². The zero-order valence-corrected chi connectivity index (χ0v) is 8.77. The summed E-state index contributed by atoms with van der Waals surface area (Å²) in [5.74, 6) is 0.360. The lowest BCUT2D eigenvalue weighted by atomic mass is 10.1. The third-order valence-corrected chi connectivity index (χ3v) is 3.32. The van der Waals surface area contributed by atoms with Gasteiger partial charge in [0.05, 0.1) is 12.5 Å². The maximum absolute atomic E-state index is 11.6. The molecule has 1 aromatic rings. The Morgan fingerprint density at radius 2 is 2.64 bits per heavy atom. The van der Waals surface area contributed by atoms with Crippen molar-refractivity contribution in [2.75, 3.05) is 13.1 Å². The van der Waals surface area contributed by atoms with E-state index in [1.807, 2.05) is 17.5 Å². The highest BCUT2D eigenvalue weighted by Gasteiger charge is 2.21. The van der Waals surface area contributed by atoms with E-state index in [4.69, 9.17) is 0 Å². The lowest BCUT2D eigenvalue weighted by molar-refractivity contribution is -0.124. The van der Waals surface area contributed by atoms with Crippen LogP contribution in [-0.4, -0.2) is 19.0 Å². The molecular weight excluding hydrogens is 196 g/mol. The van der Waals surface area contributed by atoms with Crippen molar-refractivity contribution in [1.29, 1.82) is 0 Å². The molecule has 14 heavy (non-hydrogen) atoms. The summed E-state index contributed by atoms with van der Waals surface area (Å²) in [5, 5.41) is 8.17. The molecule has 0 spiro atoms. The second kappa shape index (κ2) is 4.57. The van der Waals surface area contributed by atoms with Crippen molar-refractivity contribution in [3.05, 3.63) is 22.4 Å². The molecule has 1 fully saturated rings. The molecule has 0 saturated carbocycles. The molecule has 2 heterocycles. The second-order valence-electron chi connectivity index (χ2n) is 3.49. The fraction of sp³-hybridized carbons (Fsp3) is 0.500. The van der Waals surface area contributed by atoms with Gasteiger partial charge in [-0.25, -0.2) is 0 Å². The summed E-state index contributed by atoms with van der Waals surface area (Å²) in [6.45, 7) is 2.47. The molecule has 1 aliphatic rings. The van der Waals surface area contributed by atoms with Crippen molar-refractivity contribution in [3.8, 4) is 0 Å². The van der Waals surface area contributed by atoms with Crippen molar-refractivity contribution < 1.29 is 4.79 Å². The molecule has 1 atom stereocenters. The van der Waals surface area contributed by atoms with E-state index in [-0.39, 0.29) is 11.8 Å². The highest BCUT2D eigenvalue weighted by molar-refractivity contribution is 7.09. The van der Waals surface area contributed by atoms with Gasteiger partial charge in [0.15, 0.2) is 0 Å². The predicted octanol–water partition coefficient (Wildman–Crippen LogP) is 0.974. The van der Waals surface area contributed by atoms with Crippen LogP contribution in [0.5, 0.6) is 0 Å². The Morgan fingerprint density at radius 3 is 3.29 bits per heavy atom. The molecule has 1 unspecified atom stereocenters. The Bertz CT molecular complexity index is 291. The predicted molar refractivity (Wildman–Crippen MR) is 57.1 cm³/mol. The first-order chi connectivity index (χ1) is 6.86. The van der Waals surface area contributed by atoms with Crippen molar-refractivity contribution >= 4 is 17.2 Å². The second-order valence-corrected chi connectivity index (χ2v) is 4.52. The van der Waals surface area contributed by atoms with Crippen LogP contribution in [0, 0.1) is 5.92 Å². The largest absolute Gasteiger partial charge is 0.351 e. The quantitative estimate of drug-likeness (QED) is 0.780. The first kappa shape index (κ1) is 9.68. The van der Waals surface area contributed by atoms with Crippen LogP contribution in [0.3, 0.4) is 0 Å². The molecule has 2 N–H and O–H groups in total. The number of hydrogen-bond donors (Lipinski definition) is 2. The summed E-state index contributed by atoms with van der Waals surface area (Å²) >= 11 is 1.68. The van der Waals surface area contributed by atoms with E-state index in [2.05, 4.69) is 10.6 Å². The molecule has 0 bridgehead atoms. The van der Waals surface area contributed by atoms with Gasteiger partial charge in [0, 0.05) is 11.4 Å². The fourth-order valence-corrected chi connectivity index (χ4v) is 2.25. The van der Waals surface area contributed by atoms with Crippen LogP contribution in [0.25, 0.3) is 0 Å². The molecule has 4 heteroatoms. The Labute approximate surface area is 87.5 Å². The third-order valence-electron chi connectivity index (χ3n) is 2.45. The zero-order valence-electron chi connectivity index (χ0n) is 7.95. The summed E-state index contributed by atoms with van der Waals surface area (Å²) in [7, 11) is 0. The van der Waals surface area contributed by atoms with E-state index in [1.54, 1.807) is 11.3 Å². The maximum atomic E-state index is 11.6. The number of thiophene rings is 1. The highest BCUT2D eigenvalue weighted by atomic mass is 32.1. The number of carbonyl (C=O) groups excluding carboxylic acids is 1. The van der Waals surface area contributed by atoms with E-state index in [0.29, 0.717) is 6.54 Å². The minimum atomic E-state index is 0.176. The number of amides is 1. The summed E-state index contributed by atoms with van der Waals surface area (Å²) in [6, 6.07) is 4.04. The van der Waals surface area contributed by atoms with Crippen LogP contribution < -0.4 is 10.6 Å². The summed E-state index contributed by atoms with van der Waals surface area (Å²) in [5.41, 5.74) is 0. The van der Waals surface area contributed by atoms with E-state index < -0.39 is 0 Å². The monoisotopic (exact) mass is 210 g/mol. The summed E-state index contributed by atoms with van der Waals surface area (Å²) in [4.78, 5) is 12.8. The molecule has 1 amide bonds. The van der Waals surface area contributed by atoms with Gasteiger partial charge in [0.25, 0.3) is 0 Å². The lowest BCUT2D eigenvalue weighted by Gasteiger charge is -2.08. The Morgan fingerprint density at radius 1 is 1.71 bits per heavy atom. The highest BCUT2D eigenvalue weighted by Crippen LogP contribution is 2.10. The lowest BCUT2D eigenvalue weighted by Crippen LogP contribution is -2.31. The van der Waals surface area contributed by atoms with Crippen LogP contribution in [0.4, 0.5) is 0 Å². The molecule has 3 nitrogen and oxygen atoms in total. The minimum absolute atomic E-state index is 0.176. The molecule has 0 radical (unpaired) electrons. The van der Waals surface area contributed by atoms with Gasteiger partial charge in [0.1, 0.15) is 0 Å². The Kier molecular flexibility index (Phi) is 3.16. The average molecular weight is 210 g/mol. The average Bonchev–Trinajstić information content (AvgIpc) is 2.87. The smallest absolute Gasteiger partial charge is 0.224 e. The van der Waals surface area contributed by atoms with Crippen molar-refractivity contribution in [2.24, 2.45) is 5.92 Å². The zero-order chi connectivity index (χ0) is 9.80. The molecule has 1 saturated heterocycles. The summed E-state index contributed by atoms with van der Waals surface area (Å²) < 4.78 is 0. The molecule has 1 aliphatic heterocycles. The van der Waals surface area contributed by atoms with E-state index in [0.717, 1.165) is 19.5 Å². The topological polar surface area (TPSA) is 41.1 Å². The standard InChI is InChI=1S/C10H14N2OS/c13-10(8-3-4-11-6-8)12-7-9-2-1-5-14-9/h1-2,5,8,11H,3-4,6-7H2,(H,12,13). The number of rotatable bonds is 3. The minimum Gasteiger partial charge on any atom is -0.351 e. The Balaban J connectivity index is 1.77. The molecule has 2 rings (SSSR count). The molecule has 76 valence electrons. The van der Waals surface area contributed by atoms with Gasteiger partial charge in [-0.15, -0.1) is 11.3 Å². The number of carbonyl (C=O) groups is 1. The maximum Gasteiger partial charge on any atom is 0.224 e. The van der Waals surface area contributed by atoms with Crippen LogP contribution in [0.1, 0.15) is 11.3 Å². The molecular formula is C10H14N2OS. The van der Waals surface area contributed by atoms with Gasteiger partial charge in [-0.05, 0) is 24.4 Å². The van der Waals surface area contributed by atoms with Crippen molar-refractivity contribution in [2.45, 2.75) is 13.0 Å². The van der Waals surface area contributed by atoms with Crippen molar-refractivity contribution in [1.82, 2.24) is 10.6 Å². The van der Waals surface area contributed by atoms with Crippen LogP contribution in [-0.2, 0) is 11.3 Å². The number of hydrogen-bond acceptors (Lipinski definition) is 3. The SMILES string of the molecule is O=C(NCc1cccs1)C1CCNC1. The fourth-order valence-electron chi connectivity index (χ4n) is 1.61. The van der Waals surface area contributed by atoms with Gasteiger partial charge in [-0.2, -0.15) is 0 Å². The Hall–Kier alpha value is -0.870. The van der Waals surface area contributed by atoms with Crippen molar-refractivity contribution in [3.63, 3.8) is 0 Å². The molecule has 0 aliphatic carbocycles. The van der Waals surface area contributed by atoms with Gasteiger partial charge in [0.2, 0.25) is 5.91 Å². The van der Waals surface area contributed by atoms with Gasteiger partial charge in [-0.1, -0.05) is 6.07 Å². The normalized spacial score (nSPS) is 21.0. The molecule has 0 aromatic carbocycles. The van der Waals surface area contributed by atoms with Crippen LogP contribution >= 0.6 is 11.3 Å². The third kappa shape index (κ3) is 2.33.